The number of rotatable bonds is 6. The Morgan fingerprint density at radius 3 is 2.32 bits per heavy atom. The van der Waals surface area contributed by atoms with E-state index in [0.29, 0.717) is 0 Å². The summed E-state index contributed by atoms with van der Waals surface area (Å²) in [4.78, 5) is 23.1. The van der Waals surface area contributed by atoms with Crippen LogP contribution in [-0.2, 0) is 14.9 Å². The van der Waals surface area contributed by atoms with Gasteiger partial charge in [0.05, 0.1) is 10.5 Å². The van der Waals surface area contributed by atoms with E-state index >= 15 is 0 Å². The number of carboxylic acids is 1. The number of anilines is 1. The molecule has 0 atom stereocenters. The number of carbonyl (C=O) groups excluding carboxylic acids is 1. The number of allylic oxidation sites excluding steroid dienone is 1. The first-order valence-corrected chi connectivity index (χ1v) is 9.06. The van der Waals surface area contributed by atoms with Gasteiger partial charge < -0.3 is 15.5 Å². The molecule has 0 saturated heterocycles. The summed E-state index contributed by atoms with van der Waals surface area (Å²) in [6, 6.07) is 10.5. The van der Waals surface area contributed by atoms with E-state index in [4.69, 9.17) is 9.66 Å². The van der Waals surface area contributed by atoms with Crippen molar-refractivity contribution in [3.05, 3.63) is 65.6 Å². The Labute approximate surface area is 159 Å². The molecule has 146 valence electrons. The van der Waals surface area contributed by atoms with Crippen LogP contribution in [0.15, 0.2) is 75.1 Å². The standard InChI is InChI=1S/C17H15N3O7S/c1-10(21)15(20-19-14-8-3-2-7-13(14)17(23)24)16(22)18-11-5-4-6-12(9-11)28(25,26)27/h2-9,21H,1H3,(H,18,22)(H,23,24)(H,25,26,27). The third-order valence-corrected chi connectivity index (χ3v) is 4.19. The molecule has 0 aliphatic carbocycles. The van der Waals surface area contributed by atoms with Gasteiger partial charge in [0.1, 0.15) is 11.4 Å². The maximum absolute atomic E-state index is 12.3. The van der Waals surface area contributed by atoms with Crippen molar-refractivity contribution in [1.82, 2.24) is 0 Å². The number of nitrogens with one attached hydrogen (secondary N) is 1. The molecule has 2 aromatic carbocycles. The first-order chi connectivity index (χ1) is 13.1. The summed E-state index contributed by atoms with van der Waals surface area (Å²) >= 11 is 0. The molecule has 0 aromatic heterocycles. The molecule has 0 heterocycles. The molecule has 0 fully saturated rings. The Kier molecular flexibility index (Phi) is 6.23. The van der Waals surface area contributed by atoms with E-state index in [-0.39, 0.29) is 16.9 Å². The van der Waals surface area contributed by atoms with E-state index in [1.165, 1.54) is 43.3 Å². The minimum absolute atomic E-state index is 0.0139. The lowest BCUT2D eigenvalue weighted by Crippen LogP contribution is -2.15. The van der Waals surface area contributed by atoms with Crippen LogP contribution in [0.3, 0.4) is 0 Å². The number of aliphatic hydroxyl groups is 1. The van der Waals surface area contributed by atoms with Crippen molar-refractivity contribution in [3.8, 4) is 0 Å². The van der Waals surface area contributed by atoms with Crippen LogP contribution in [0.1, 0.15) is 17.3 Å². The minimum Gasteiger partial charge on any atom is -0.510 e. The van der Waals surface area contributed by atoms with Crippen molar-refractivity contribution in [2.24, 2.45) is 10.2 Å². The molecule has 4 N–H and O–H groups in total. The summed E-state index contributed by atoms with van der Waals surface area (Å²) < 4.78 is 31.4. The van der Waals surface area contributed by atoms with Crippen molar-refractivity contribution < 1.29 is 32.8 Å². The lowest BCUT2D eigenvalue weighted by molar-refractivity contribution is -0.113. The number of hydrogen-bond donors (Lipinski definition) is 4. The summed E-state index contributed by atoms with van der Waals surface area (Å²) in [6.07, 6.45) is 0. The van der Waals surface area contributed by atoms with Crippen molar-refractivity contribution in [2.75, 3.05) is 5.32 Å². The van der Waals surface area contributed by atoms with E-state index in [1.807, 2.05) is 0 Å². The average molecular weight is 405 g/mol. The number of amides is 1. The molecule has 0 unspecified atom stereocenters. The van der Waals surface area contributed by atoms with Gasteiger partial charge in [-0.2, -0.15) is 8.42 Å². The Bertz CT molecular complexity index is 1090. The fraction of sp³-hybridized carbons (Fsp3) is 0.0588. The van der Waals surface area contributed by atoms with E-state index < -0.39 is 38.3 Å². The van der Waals surface area contributed by atoms with Crippen LogP contribution in [0.2, 0.25) is 0 Å². The van der Waals surface area contributed by atoms with Crippen LogP contribution in [0.4, 0.5) is 11.4 Å². The minimum atomic E-state index is -4.47. The number of hydrogen-bond acceptors (Lipinski definition) is 7. The van der Waals surface area contributed by atoms with Gasteiger partial charge in [-0.1, -0.05) is 18.2 Å². The fourth-order valence-electron chi connectivity index (χ4n) is 2.05. The van der Waals surface area contributed by atoms with Gasteiger partial charge in [-0.25, -0.2) is 4.79 Å². The summed E-state index contributed by atoms with van der Waals surface area (Å²) in [5.41, 5.74) is -0.685. The molecule has 0 aliphatic rings. The summed E-state index contributed by atoms with van der Waals surface area (Å²) in [5, 5.41) is 28.5. The zero-order chi connectivity index (χ0) is 20.9. The third kappa shape index (κ3) is 5.22. The van der Waals surface area contributed by atoms with Crippen LogP contribution < -0.4 is 5.32 Å². The molecule has 2 rings (SSSR count). The predicted molar refractivity (Wildman–Crippen MR) is 98.1 cm³/mol. The molecule has 28 heavy (non-hydrogen) atoms. The maximum Gasteiger partial charge on any atom is 0.337 e. The molecule has 0 aliphatic heterocycles. The quantitative estimate of drug-likeness (QED) is 0.248. The topological polar surface area (TPSA) is 166 Å². The SMILES string of the molecule is CC(O)=C(N=Nc1ccccc1C(=O)O)C(=O)Nc1cccc(S(=O)(=O)O)c1. The second-order valence-corrected chi connectivity index (χ2v) is 6.83. The highest BCUT2D eigenvalue weighted by molar-refractivity contribution is 7.85. The van der Waals surface area contributed by atoms with Crippen LogP contribution in [0, 0.1) is 0 Å². The number of nitrogens with zero attached hydrogens (tertiary/aromatic N) is 2. The van der Waals surface area contributed by atoms with Gasteiger partial charge in [0.15, 0.2) is 5.70 Å². The summed E-state index contributed by atoms with van der Waals surface area (Å²) in [7, 11) is -4.47. The van der Waals surface area contributed by atoms with Crippen molar-refractivity contribution in [3.63, 3.8) is 0 Å². The van der Waals surface area contributed by atoms with Gasteiger partial charge in [0.2, 0.25) is 0 Å². The number of carbonyl (C=O) groups is 2. The van der Waals surface area contributed by atoms with Gasteiger partial charge >= 0.3 is 5.97 Å². The Balaban J connectivity index is 2.30. The van der Waals surface area contributed by atoms with Crippen LogP contribution in [0.25, 0.3) is 0 Å². The first-order valence-electron chi connectivity index (χ1n) is 7.62. The highest BCUT2D eigenvalue weighted by Crippen LogP contribution is 2.21. The molecule has 0 saturated carbocycles. The van der Waals surface area contributed by atoms with Crippen molar-refractivity contribution >= 4 is 33.4 Å². The van der Waals surface area contributed by atoms with E-state index in [2.05, 4.69) is 15.5 Å². The second-order valence-electron chi connectivity index (χ2n) is 5.41. The normalized spacial score (nSPS) is 12.5. The Morgan fingerprint density at radius 2 is 1.71 bits per heavy atom. The highest BCUT2D eigenvalue weighted by atomic mass is 32.2. The molecular formula is C17H15N3O7S. The van der Waals surface area contributed by atoms with E-state index in [9.17, 15) is 23.1 Å². The number of benzene rings is 2. The summed E-state index contributed by atoms with van der Waals surface area (Å²) in [5.74, 6) is -2.67. The monoisotopic (exact) mass is 405 g/mol. The average Bonchev–Trinajstić information content (AvgIpc) is 2.61. The molecular weight excluding hydrogens is 390 g/mol. The van der Waals surface area contributed by atoms with Crippen LogP contribution >= 0.6 is 0 Å². The third-order valence-electron chi connectivity index (χ3n) is 3.34. The van der Waals surface area contributed by atoms with Gasteiger partial charge in [-0.15, -0.1) is 10.2 Å². The molecule has 10 nitrogen and oxygen atoms in total. The molecule has 0 bridgehead atoms. The zero-order valence-electron chi connectivity index (χ0n) is 14.4. The van der Waals surface area contributed by atoms with E-state index in [0.717, 1.165) is 12.1 Å². The fourth-order valence-corrected chi connectivity index (χ4v) is 2.58. The van der Waals surface area contributed by atoms with E-state index in [1.54, 1.807) is 0 Å². The molecule has 2 aromatic rings. The Morgan fingerprint density at radius 1 is 1.04 bits per heavy atom. The smallest absolute Gasteiger partial charge is 0.337 e. The van der Waals surface area contributed by atoms with Gasteiger partial charge in [-0.3, -0.25) is 9.35 Å². The number of azo groups is 1. The molecule has 0 radical (unpaired) electrons. The van der Waals surface area contributed by atoms with Gasteiger partial charge in [-0.05, 0) is 37.3 Å². The predicted octanol–water partition coefficient (Wildman–Crippen LogP) is 3.14. The van der Waals surface area contributed by atoms with Crippen molar-refractivity contribution in [1.29, 1.82) is 0 Å². The van der Waals surface area contributed by atoms with Gasteiger partial charge in [0, 0.05) is 5.69 Å². The first kappa shape index (κ1) is 20.7. The molecule has 1 amide bonds. The zero-order valence-corrected chi connectivity index (χ0v) is 15.2. The molecule has 11 heteroatoms. The second kappa shape index (κ2) is 8.41. The number of aromatic carboxylic acids is 1. The van der Waals surface area contributed by atoms with Gasteiger partial charge in [0.25, 0.3) is 16.0 Å². The van der Waals surface area contributed by atoms with Crippen molar-refractivity contribution in [2.45, 2.75) is 11.8 Å². The number of carboxylic acid groups (broad SMARTS) is 1. The van der Waals surface area contributed by atoms with Crippen LogP contribution in [-0.4, -0.2) is 35.1 Å². The Hall–Kier alpha value is -3.57. The largest absolute Gasteiger partial charge is 0.510 e. The highest BCUT2D eigenvalue weighted by Gasteiger charge is 2.16. The lowest BCUT2D eigenvalue weighted by atomic mass is 10.2. The molecule has 0 spiro atoms. The summed E-state index contributed by atoms with van der Waals surface area (Å²) in [6.45, 7) is 1.17. The maximum atomic E-state index is 12.3. The number of aliphatic hydroxyl groups excluding tert-OH is 1. The van der Waals surface area contributed by atoms with Crippen LogP contribution in [0.5, 0.6) is 0 Å². The lowest BCUT2D eigenvalue weighted by Gasteiger charge is -2.07.